The number of rotatable bonds is 7. The Labute approximate surface area is 151 Å². The molecule has 0 unspecified atom stereocenters. The zero-order valence-corrected chi connectivity index (χ0v) is 15.6. The molecule has 2 aromatic heterocycles. The second-order valence-corrected chi connectivity index (χ2v) is 7.07. The van der Waals surface area contributed by atoms with Crippen molar-refractivity contribution in [2.75, 3.05) is 0 Å². The van der Waals surface area contributed by atoms with Crippen molar-refractivity contribution < 1.29 is 4.79 Å². The van der Waals surface area contributed by atoms with Crippen LogP contribution in [-0.4, -0.2) is 10.2 Å². The van der Waals surface area contributed by atoms with Crippen molar-refractivity contribution in [3.63, 3.8) is 0 Å². The van der Waals surface area contributed by atoms with Gasteiger partial charge in [-0.15, -0.1) is 0 Å². The third-order valence-corrected chi connectivity index (χ3v) is 4.93. The van der Waals surface area contributed by atoms with Gasteiger partial charge >= 0.3 is 0 Å². The molecular formula is C21H22BrNO. The van der Waals surface area contributed by atoms with Crippen LogP contribution >= 0.6 is 15.9 Å². The quantitative estimate of drug-likeness (QED) is 0.359. The second kappa shape index (κ2) is 7.80. The van der Waals surface area contributed by atoms with Crippen molar-refractivity contribution in [3.05, 3.63) is 76.0 Å². The lowest BCUT2D eigenvalue weighted by Crippen LogP contribution is -2.04. The van der Waals surface area contributed by atoms with Crippen LogP contribution in [0.1, 0.15) is 54.2 Å². The Balaban J connectivity index is 1.93. The van der Waals surface area contributed by atoms with Gasteiger partial charge in [-0.05, 0) is 60.9 Å². The smallest absolute Gasteiger partial charge is 0.209 e. The highest BCUT2D eigenvalue weighted by Gasteiger charge is 2.16. The third-order valence-electron chi connectivity index (χ3n) is 4.40. The highest BCUT2D eigenvalue weighted by Crippen LogP contribution is 2.22. The highest BCUT2D eigenvalue weighted by molar-refractivity contribution is 9.10. The van der Waals surface area contributed by atoms with E-state index in [9.17, 15) is 4.79 Å². The van der Waals surface area contributed by atoms with Crippen molar-refractivity contribution in [1.82, 2.24) is 4.40 Å². The molecule has 0 aliphatic heterocycles. The van der Waals surface area contributed by atoms with Gasteiger partial charge in [0.2, 0.25) is 5.78 Å². The first kappa shape index (κ1) is 17.0. The number of hydrogen-bond donors (Lipinski definition) is 0. The van der Waals surface area contributed by atoms with Gasteiger partial charge in [0.05, 0.1) is 5.69 Å². The zero-order chi connectivity index (χ0) is 16.9. The van der Waals surface area contributed by atoms with Gasteiger partial charge in [-0.25, -0.2) is 0 Å². The summed E-state index contributed by atoms with van der Waals surface area (Å²) in [4.78, 5) is 12.9. The predicted octanol–water partition coefficient (Wildman–Crippen LogP) is 6.06. The number of pyridine rings is 1. The van der Waals surface area contributed by atoms with Gasteiger partial charge < -0.3 is 4.40 Å². The Morgan fingerprint density at radius 2 is 1.83 bits per heavy atom. The molecule has 0 saturated heterocycles. The predicted molar refractivity (Wildman–Crippen MR) is 103 cm³/mol. The molecule has 0 atom stereocenters. The van der Waals surface area contributed by atoms with Crippen molar-refractivity contribution in [3.8, 4) is 0 Å². The first-order valence-corrected chi connectivity index (χ1v) is 9.39. The molecule has 124 valence electrons. The van der Waals surface area contributed by atoms with Crippen molar-refractivity contribution in [1.29, 1.82) is 0 Å². The van der Waals surface area contributed by atoms with E-state index in [1.54, 1.807) is 0 Å². The van der Waals surface area contributed by atoms with E-state index in [0.717, 1.165) is 27.7 Å². The molecule has 0 fully saturated rings. The van der Waals surface area contributed by atoms with Crippen molar-refractivity contribution in [2.45, 2.75) is 39.0 Å². The standard InChI is InChI=1S/C21H22BrNO/c1-2-3-4-5-8-17-15-20(23-14-7-6-9-19(17)23)21(24)16-10-12-18(22)13-11-16/h6-7,9-15H,2-5,8H2,1H3. The molecule has 0 N–H and O–H groups in total. The van der Waals surface area contributed by atoms with Crippen LogP contribution < -0.4 is 0 Å². The normalized spacial score (nSPS) is 11.1. The third kappa shape index (κ3) is 3.62. The summed E-state index contributed by atoms with van der Waals surface area (Å²) in [5, 5.41) is 0. The number of halogens is 1. The maximum absolute atomic E-state index is 12.9. The van der Waals surface area contributed by atoms with Gasteiger partial charge in [-0.1, -0.05) is 48.2 Å². The minimum absolute atomic E-state index is 0.0727. The Morgan fingerprint density at radius 1 is 1.04 bits per heavy atom. The van der Waals surface area contributed by atoms with Crippen LogP contribution in [0.3, 0.4) is 0 Å². The number of aryl methyl sites for hydroxylation is 1. The topological polar surface area (TPSA) is 21.5 Å². The summed E-state index contributed by atoms with van der Waals surface area (Å²) in [5.41, 5.74) is 3.89. The molecule has 0 amide bonds. The van der Waals surface area contributed by atoms with Gasteiger partial charge in [0, 0.05) is 21.7 Å². The number of ketones is 1. The fourth-order valence-corrected chi connectivity index (χ4v) is 3.35. The molecule has 2 nitrogen and oxygen atoms in total. The van der Waals surface area contributed by atoms with Gasteiger partial charge in [0.15, 0.2) is 0 Å². The van der Waals surface area contributed by atoms with E-state index in [1.165, 1.54) is 31.2 Å². The summed E-state index contributed by atoms with van der Waals surface area (Å²) in [5.74, 6) is 0.0727. The van der Waals surface area contributed by atoms with E-state index in [4.69, 9.17) is 0 Å². The molecule has 24 heavy (non-hydrogen) atoms. The minimum Gasteiger partial charge on any atom is -0.313 e. The lowest BCUT2D eigenvalue weighted by Gasteiger charge is -2.03. The highest BCUT2D eigenvalue weighted by atomic mass is 79.9. The van der Waals surface area contributed by atoms with Gasteiger partial charge in [0.1, 0.15) is 0 Å². The van der Waals surface area contributed by atoms with Crippen molar-refractivity contribution >= 4 is 27.2 Å². The van der Waals surface area contributed by atoms with Gasteiger partial charge in [0.25, 0.3) is 0 Å². The number of carbonyl (C=O) groups excluding carboxylic acids is 1. The molecule has 2 heterocycles. The van der Waals surface area contributed by atoms with Crippen LogP contribution in [0.15, 0.2) is 59.2 Å². The zero-order valence-electron chi connectivity index (χ0n) is 14.0. The van der Waals surface area contributed by atoms with Crippen LogP contribution in [0.2, 0.25) is 0 Å². The maximum Gasteiger partial charge on any atom is 0.209 e. The molecular weight excluding hydrogens is 362 g/mol. The molecule has 1 aromatic carbocycles. The largest absolute Gasteiger partial charge is 0.313 e. The lowest BCUT2D eigenvalue weighted by atomic mass is 10.1. The van der Waals surface area contributed by atoms with Gasteiger partial charge in [-0.2, -0.15) is 0 Å². The maximum atomic E-state index is 12.9. The summed E-state index contributed by atoms with van der Waals surface area (Å²) in [6.07, 6.45) is 7.95. The van der Waals surface area contributed by atoms with Crippen molar-refractivity contribution in [2.24, 2.45) is 0 Å². The first-order chi connectivity index (χ1) is 11.7. The fraction of sp³-hybridized carbons (Fsp3) is 0.286. The minimum atomic E-state index is 0.0727. The number of hydrogen-bond acceptors (Lipinski definition) is 1. The van der Waals surface area contributed by atoms with Crippen LogP contribution in [-0.2, 0) is 6.42 Å². The number of carbonyl (C=O) groups is 1. The summed E-state index contributed by atoms with van der Waals surface area (Å²) < 4.78 is 3.01. The summed E-state index contributed by atoms with van der Waals surface area (Å²) in [6.45, 7) is 2.22. The van der Waals surface area contributed by atoms with Crippen LogP contribution in [0.5, 0.6) is 0 Å². The van der Waals surface area contributed by atoms with E-state index >= 15 is 0 Å². The Morgan fingerprint density at radius 3 is 2.58 bits per heavy atom. The number of fused-ring (bicyclic) bond motifs is 1. The molecule has 0 aliphatic carbocycles. The second-order valence-electron chi connectivity index (χ2n) is 6.16. The number of benzene rings is 1. The Hall–Kier alpha value is -1.87. The van der Waals surface area contributed by atoms with Crippen LogP contribution in [0, 0.1) is 0 Å². The van der Waals surface area contributed by atoms with Gasteiger partial charge in [-0.3, -0.25) is 4.79 Å². The Kier molecular flexibility index (Phi) is 5.52. The fourth-order valence-electron chi connectivity index (χ4n) is 3.09. The lowest BCUT2D eigenvalue weighted by molar-refractivity contribution is 0.103. The average Bonchev–Trinajstić information content (AvgIpc) is 2.98. The first-order valence-electron chi connectivity index (χ1n) is 8.60. The molecule has 0 spiro atoms. The van der Waals surface area contributed by atoms with E-state index in [2.05, 4.69) is 35.0 Å². The SMILES string of the molecule is CCCCCCc1cc(C(=O)c2ccc(Br)cc2)n2ccccc12. The molecule has 3 heteroatoms. The average molecular weight is 384 g/mol. The number of unbranched alkanes of at least 4 members (excludes halogenated alkanes) is 3. The van der Waals surface area contributed by atoms with E-state index in [0.29, 0.717) is 0 Å². The van der Waals surface area contributed by atoms with E-state index in [-0.39, 0.29) is 5.78 Å². The molecule has 0 aliphatic rings. The van der Waals surface area contributed by atoms with Crippen LogP contribution in [0.25, 0.3) is 5.52 Å². The van der Waals surface area contributed by atoms with E-state index < -0.39 is 0 Å². The Bertz CT molecular complexity index is 833. The molecule has 3 rings (SSSR count). The summed E-state index contributed by atoms with van der Waals surface area (Å²) >= 11 is 3.42. The molecule has 0 saturated carbocycles. The number of nitrogens with zero attached hydrogens (tertiary/aromatic N) is 1. The van der Waals surface area contributed by atoms with Crippen LogP contribution in [0.4, 0.5) is 0 Å². The van der Waals surface area contributed by atoms with E-state index in [1.807, 2.05) is 47.0 Å². The molecule has 3 aromatic rings. The summed E-state index contributed by atoms with van der Waals surface area (Å²) in [6, 6.07) is 15.8. The number of aromatic nitrogens is 1. The molecule has 0 radical (unpaired) electrons. The molecule has 0 bridgehead atoms. The monoisotopic (exact) mass is 383 g/mol. The summed E-state index contributed by atoms with van der Waals surface area (Å²) in [7, 11) is 0.